The Balaban J connectivity index is 2.15. The number of rotatable bonds is 7. The lowest BCUT2D eigenvalue weighted by molar-refractivity contribution is -0.122. The third kappa shape index (κ3) is 4.67. The largest absolute Gasteiger partial charge is 0.493 e. The highest BCUT2D eigenvalue weighted by Crippen LogP contribution is 2.28. The zero-order valence-electron chi connectivity index (χ0n) is 14.7. The number of esters is 1. The van der Waals surface area contributed by atoms with Crippen LogP contribution in [0, 0.1) is 0 Å². The van der Waals surface area contributed by atoms with E-state index in [9.17, 15) is 9.59 Å². The number of nitrogens with one attached hydrogen (secondary N) is 1. The van der Waals surface area contributed by atoms with Gasteiger partial charge in [-0.15, -0.1) is 0 Å². The van der Waals surface area contributed by atoms with Crippen molar-refractivity contribution >= 4 is 29.2 Å². The lowest BCUT2D eigenvalue weighted by atomic mass is 10.2. The number of amides is 1. The maximum Gasteiger partial charge on any atom is 0.339 e. The smallest absolute Gasteiger partial charge is 0.339 e. The van der Waals surface area contributed by atoms with Crippen LogP contribution < -0.4 is 14.8 Å². The first kappa shape index (κ1) is 19.6. The second-order valence-electron chi connectivity index (χ2n) is 5.34. The van der Waals surface area contributed by atoms with Crippen LogP contribution in [0.4, 0.5) is 5.69 Å². The molecule has 0 aliphatic carbocycles. The van der Waals surface area contributed by atoms with Gasteiger partial charge in [0.25, 0.3) is 5.91 Å². The molecular formula is C19H20ClNO5. The molecule has 0 unspecified atom stereocenters. The van der Waals surface area contributed by atoms with E-state index < -0.39 is 12.1 Å². The maximum atomic E-state index is 12.6. The van der Waals surface area contributed by atoms with Gasteiger partial charge >= 0.3 is 5.97 Å². The Bertz CT molecular complexity index is 793. The van der Waals surface area contributed by atoms with Crippen LogP contribution in [-0.4, -0.2) is 32.2 Å². The average Bonchev–Trinajstić information content (AvgIpc) is 2.67. The van der Waals surface area contributed by atoms with E-state index in [1.807, 2.05) is 13.0 Å². The lowest BCUT2D eigenvalue weighted by Gasteiger charge is -2.19. The van der Waals surface area contributed by atoms with Gasteiger partial charge in [-0.05, 0) is 36.8 Å². The topological polar surface area (TPSA) is 73.9 Å². The Morgan fingerprint density at radius 2 is 1.81 bits per heavy atom. The predicted octanol–water partition coefficient (Wildman–Crippen LogP) is 3.93. The monoisotopic (exact) mass is 377 g/mol. The van der Waals surface area contributed by atoms with Crippen molar-refractivity contribution < 1.29 is 23.8 Å². The summed E-state index contributed by atoms with van der Waals surface area (Å²) >= 11 is 5.98. The Hall–Kier alpha value is -2.73. The van der Waals surface area contributed by atoms with E-state index in [1.54, 1.807) is 24.3 Å². The summed E-state index contributed by atoms with van der Waals surface area (Å²) in [6, 6.07) is 11.7. The molecule has 0 aromatic heterocycles. The van der Waals surface area contributed by atoms with Gasteiger partial charge in [0.15, 0.2) is 17.6 Å². The highest BCUT2D eigenvalue weighted by molar-refractivity contribution is 6.33. The molecule has 1 N–H and O–H groups in total. The minimum absolute atomic E-state index is 0.172. The quantitative estimate of drug-likeness (QED) is 0.740. The van der Waals surface area contributed by atoms with Crippen molar-refractivity contribution in [2.75, 3.05) is 19.5 Å². The number of anilines is 1. The molecular weight excluding hydrogens is 358 g/mol. The van der Waals surface area contributed by atoms with E-state index in [4.69, 9.17) is 21.1 Å². The van der Waals surface area contributed by atoms with E-state index in [0.717, 1.165) is 0 Å². The molecule has 2 rings (SSSR count). The van der Waals surface area contributed by atoms with Crippen LogP contribution in [0.2, 0.25) is 5.02 Å². The molecule has 2 aromatic carbocycles. The van der Waals surface area contributed by atoms with Crippen molar-refractivity contribution in [3.05, 3.63) is 53.1 Å². The molecule has 26 heavy (non-hydrogen) atoms. The van der Waals surface area contributed by atoms with Crippen molar-refractivity contribution in [1.29, 1.82) is 0 Å². The molecule has 0 bridgehead atoms. The number of hydrogen-bond donors (Lipinski definition) is 1. The van der Waals surface area contributed by atoms with Crippen molar-refractivity contribution in [1.82, 2.24) is 0 Å². The minimum atomic E-state index is -0.733. The Labute approximate surface area is 157 Å². The maximum absolute atomic E-state index is 12.6. The van der Waals surface area contributed by atoms with Crippen LogP contribution >= 0.6 is 11.6 Å². The molecule has 0 aliphatic heterocycles. The predicted molar refractivity (Wildman–Crippen MR) is 99.1 cm³/mol. The number of ether oxygens (including phenoxy) is 3. The molecule has 0 heterocycles. The Kier molecular flexibility index (Phi) is 6.86. The number of halogens is 1. The summed E-state index contributed by atoms with van der Waals surface area (Å²) in [5.41, 5.74) is 0.590. The van der Waals surface area contributed by atoms with Crippen molar-refractivity contribution in [2.24, 2.45) is 0 Å². The first-order chi connectivity index (χ1) is 12.5. The van der Waals surface area contributed by atoms with Crippen LogP contribution in [-0.2, 0) is 9.53 Å². The normalized spacial score (nSPS) is 11.4. The number of benzene rings is 2. The molecule has 138 valence electrons. The first-order valence-corrected chi connectivity index (χ1v) is 8.36. The van der Waals surface area contributed by atoms with Gasteiger partial charge in [0.05, 0.1) is 24.8 Å². The van der Waals surface area contributed by atoms with E-state index in [0.29, 0.717) is 23.6 Å². The molecule has 1 amide bonds. The minimum Gasteiger partial charge on any atom is -0.493 e. The average molecular weight is 378 g/mol. The molecule has 0 saturated heterocycles. The fourth-order valence-electron chi connectivity index (χ4n) is 2.28. The number of carbonyl (C=O) groups excluding carboxylic acids is 2. The number of carbonyl (C=O) groups is 2. The second kappa shape index (κ2) is 9.10. The zero-order valence-corrected chi connectivity index (χ0v) is 15.5. The molecule has 0 aliphatic rings. The number of hydrogen-bond acceptors (Lipinski definition) is 5. The van der Waals surface area contributed by atoms with Crippen molar-refractivity contribution in [3.63, 3.8) is 0 Å². The second-order valence-corrected chi connectivity index (χ2v) is 5.75. The summed E-state index contributed by atoms with van der Waals surface area (Å²) in [6.07, 6.45) is -0.287. The van der Waals surface area contributed by atoms with Crippen LogP contribution in [0.1, 0.15) is 23.7 Å². The third-order valence-electron chi connectivity index (χ3n) is 3.64. The lowest BCUT2D eigenvalue weighted by Crippen LogP contribution is -2.32. The molecule has 2 aromatic rings. The van der Waals surface area contributed by atoms with Crippen LogP contribution in [0.25, 0.3) is 0 Å². The highest BCUT2D eigenvalue weighted by Gasteiger charge is 2.21. The summed E-state index contributed by atoms with van der Waals surface area (Å²) in [7, 11) is 2.80. The third-order valence-corrected chi connectivity index (χ3v) is 3.97. The van der Waals surface area contributed by atoms with Crippen molar-refractivity contribution in [3.8, 4) is 11.5 Å². The highest BCUT2D eigenvalue weighted by atomic mass is 35.5. The first-order valence-electron chi connectivity index (χ1n) is 7.98. The van der Waals surface area contributed by atoms with Gasteiger partial charge in [-0.25, -0.2) is 4.79 Å². The number of methoxy groups -OCH3 is 2. The summed E-state index contributed by atoms with van der Waals surface area (Å²) in [5, 5.41) is 2.97. The SMILES string of the molecule is CC[C@H](Oc1ccccc1OC)C(=O)Nc1ccc(Cl)c(C(=O)OC)c1. The molecule has 6 nitrogen and oxygen atoms in total. The molecule has 0 radical (unpaired) electrons. The molecule has 1 atom stereocenters. The van der Waals surface area contributed by atoms with Gasteiger partial charge in [-0.2, -0.15) is 0 Å². The van der Waals surface area contributed by atoms with Gasteiger partial charge in [0, 0.05) is 5.69 Å². The van der Waals surface area contributed by atoms with Gasteiger partial charge in [-0.1, -0.05) is 30.7 Å². The van der Waals surface area contributed by atoms with Gasteiger partial charge in [0.2, 0.25) is 0 Å². The Morgan fingerprint density at radius 3 is 2.42 bits per heavy atom. The van der Waals surface area contributed by atoms with Gasteiger partial charge in [0.1, 0.15) is 0 Å². The van der Waals surface area contributed by atoms with E-state index in [-0.39, 0.29) is 16.5 Å². The summed E-state index contributed by atoms with van der Waals surface area (Å²) in [5.74, 6) is 0.0848. The van der Waals surface area contributed by atoms with E-state index >= 15 is 0 Å². The summed E-state index contributed by atoms with van der Waals surface area (Å²) in [4.78, 5) is 24.3. The molecule has 7 heteroatoms. The zero-order chi connectivity index (χ0) is 19.1. The summed E-state index contributed by atoms with van der Waals surface area (Å²) in [6.45, 7) is 1.83. The van der Waals surface area contributed by atoms with E-state index in [1.165, 1.54) is 26.4 Å². The van der Waals surface area contributed by atoms with Crippen LogP contribution in [0.5, 0.6) is 11.5 Å². The van der Waals surface area contributed by atoms with Gasteiger partial charge < -0.3 is 19.5 Å². The molecule has 0 fully saturated rings. The fourth-order valence-corrected chi connectivity index (χ4v) is 2.48. The van der Waals surface area contributed by atoms with Crippen molar-refractivity contribution in [2.45, 2.75) is 19.4 Å². The molecule has 0 spiro atoms. The summed E-state index contributed by atoms with van der Waals surface area (Å²) < 4.78 is 15.7. The van der Waals surface area contributed by atoms with E-state index in [2.05, 4.69) is 10.1 Å². The van der Waals surface area contributed by atoms with Gasteiger partial charge in [-0.3, -0.25) is 4.79 Å². The fraction of sp³-hybridized carbons (Fsp3) is 0.263. The van der Waals surface area contributed by atoms with Crippen LogP contribution in [0.3, 0.4) is 0 Å². The van der Waals surface area contributed by atoms with Crippen LogP contribution in [0.15, 0.2) is 42.5 Å². The molecule has 0 saturated carbocycles. The standard InChI is InChI=1S/C19H20ClNO5/c1-4-15(26-17-8-6-5-7-16(17)24-2)18(22)21-12-9-10-14(20)13(11-12)19(23)25-3/h5-11,15H,4H2,1-3H3,(H,21,22)/t15-/m0/s1. The number of para-hydroxylation sites is 2. The Morgan fingerprint density at radius 1 is 1.12 bits per heavy atom.